The summed E-state index contributed by atoms with van der Waals surface area (Å²) in [7, 11) is -4.39. The van der Waals surface area contributed by atoms with Crippen LogP contribution in [0.15, 0.2) is 24.3 Å². The van der Waals surface area contributed by atoms with Gasteiger partial charge in [-0.15, -0.1) is 0 Å². The Bertz CT molecular complexity index is 1340. The molecule has 3 N–H and O–H groups in total. The summed E-state index contributed by atoms with van der Waals surface area (Å²) in [4.78, 5) is 35.3. The average molecular weight is 1140 g/mol. The van der Waals surface area contributed by atoms with Gasteiger partial charge in [0.25, 0.3) is 0 Å². The Balaban J connectivity index is 3.78. The Morgan fingerprint density at radius 3 is 0.899 bits per heavy atom. The van der Waals surface area contributed by atoms with Crippen LogP contribution in [0.1, 0.15) is 373 Å². The molecule has 0 fully saturated rings. The van der Waals surface area contributed by atoms with Crippen molar-refractivity contribution in [3.05, 3.63) is 24.3 Å². The molecule has 0 rings (SSSR count). The normalized spacial score (nSPS) is 13.0. The Hall–Kier alpha value is -1.51. The van der Waals surface area contributed by atoms with Crippen molar-refractivity contribution in [1.29, 1.82) is 0 Å². The van der Waals surface area contributed by atoms with E-state index in [-0.39, 0.29) is 38.6 Å². The highest BCUT2D eigenvalue weighted by Gasteiger charge is 2.26. The van der Waals surface area contributed by atoms with Crippen LogP contribution in [0.3, 0.4) is 0 Å². The Morgan fingerprint density at radius 2 is 0.620 bits per heavy atom. The molecule has 0 heterocycles. The van der Waals surface area contributed by atoms with Gasteiger partial charge in [0.2, 0.25) is 0 Å². The lowest BCUT2D eigenvalue weighted by atomic mass is 10.0. The summed E-state index contributed by atoms with van der Waals surface area (Å²) in [6.07, 6.45) is 80.0. The lowest BCUT2D eigenvalue weighted by Crippen LogP contribution is -2.29. The number of esters is 2. The quantitative estimate of drug-likeness (QED) is 0.0264. The summed E-state index contributed by atoms with van der Waals surface area (Å²) >= 11 is 0. The molecule has 2 unspecified atom stereocenters. The van der Waals surface area contributed by atoms with E-state index in [1.54, 1.807) is 0 Å². The van der Waals surface area contributed by atoms with E-state index < -0.39 is 26.5 Å². The molecule has 0 aliphatic heterocycles. The molecule has 0 bridgehead atoms. The highest BCUT2D eigenvalue weighted by atomic mass is 31.2. The number of allylic oxidation sites excluding steroid dienone is 4. The summed E-state index contributed by atoms with van der Waals surface area (Å²) in [5.41, 5.74) is 5.40. The molecule has 0 spiro atoms. The third kappa shape index (κ3) is 65.5. The third-order valence-electron chi connectivity index (χ3n) is 15.8. The largest absolute Gasteiger partial charge is 0.472 e. The van der Waals surface area contributed by atoms with Gasteiger partial charge in [-0.05, 0) is 64.2 Å². The fourth-order valence-electron chi connectivity index (χ4n) is 10.6. The molecule has 10 heteroatoms. The van der Waals surface area contributed by atoms with Crippen LogP contribution in [-0.4, -0.2) is 49.3 Å². The highest BCUT2D eigenvalue weighted by molar-refractivity contribution is 7.47. The lowest BCUT2D eigenvalue weighted by Gasteiger charge is -2.19. The third-order valence-corrected chi connectivity index (χ3v) is 16.8. The maximum absolute atomic E-state index is 12.8. The molecule has 0 amide bonds. The predicted octanol–water partition coefficient (Wildman–Crippen LogP) is 22.5. The fraction of sp³-hybridized carbons (Fsp3) is 0.913. The van der Waals surface area contributed by atoms with Crippen LogP contribution in [-0.2, 0) is 32.7 Å². The molecule has 0 aromatic carbocycles. The van der Waals surface area contributed by atoms with Gasteiger partial charge < -0.3 is 20.1 Å². The van der Waals surface area contributed by atoms with E-state index in [4.69, 9.17) is 24.3 Å². The molecule has 0 aliphatic rings. The first-order chi connectivity index (χ1) is 38.8. The molecular formula is C69H134NO8P. The minimum atomic E-state index is -4.39. The second-order valence-electron chi connectivity index (χ2n) is 23.7. The molecule has 0 aromatic rings. The van der Waals surface area contributed by atoms with Crippen LogP contribution in [0.2, 0.25) is 0 Å². The van der Waals surface area contributed by atoms with Crippen molar-refractivity contribution in [1.82, 2.24) is 0 Å². The first kappa shape index (κ1) is 77.5. The lowest BCUT2D eigenvalue weighted by molar-refractivity contribution is -0.161. The number of phosphoric acid groups is 1. The molecule has 2 atom stereocenters. The van der Waals surface area contributed by atoms with E-state index in [1.165, 1.54) is 308 Å². The van der Waals surface area contributed by atoms with E-state index in [1.807, 2.05) is 0 Å². The monoisotopic (exact) mass is 1140 g/mol. The minimum Gasteiger partial charge on any atom is -0.462 e. The number of hydrogen-bond acceptors (Lipinski definition) is 8. The number of unbranched alkanes of at least 4 members (excludes halogenated alkanes) is 50. The number of nitrogens with two attached hydrogens (primary N) is 1. The van der Waals surface area contributed by atoms with Crippen molar-refractivity contribution in [3.63, 3.8) is 0 Å². The average Bonchev–Trinajstić information content (AvgIpc) is 3.44. The number of phosphoric ester groups is 1. The number of hydrogen-bond donors (Lipinski definition) is 2. The van der Waals surface area contributed by atoms with E-state index in [9.17, 15) is 19.0 Å². The summed E-state index contributed by atoms with van der Waals surface area (Å²) in [6, 6.07) is 0. The zero-order valence-corrected chi connectivity index (χ0v) is 53.5. The maximum atomic E-state index is 12.8. The topological polar surface area (TPSA) is 134 Å². The molecule has 0 aromatic heterocycles. The van der Waals surface area contributed by atoms with Crippen LogP contribution in [0.5, 0.6) is 0 Å². The second-order valence-corrected chi connectivity index (χ2v) is 25.2. The van der Waals surface area contributed by atoms with E-state index in [2.05, 4.69) is 38.2 Å². The Morgan fingerprint density at radius 1 is 0.367 bits per heavy atom. The van der Waals surface area contributed by atoms with Crippen LogP contribution < -0.4 is 5.73 Å². The van der Waals surface area contributed by atoms with Gasteiger partial charge in [0.1, 0.15) is 6.61 Å². The van der Waals surface area contributed by atoms with Gasteiger partial charge >= 0.3 is 19.8 Å². The van der Waals surface area contributed by atoms with E-state index in [0.29, 0.717) is 6.42 Å². The van der Waals surface area contributed by atoms with Gasteiger partial charge in [-0.25, -0.2) is 4.57 Å². The SMILES string of the molecule is CCCCCCCCCC/C=C\CCCCCCCCCCCCCCCCCCCCCCCCCCCC(=O)OC(COC(=O)CCCCCCCCCCC/C=C\CCCCCCCCCC)COP(=O)(O)OCCN. The zero-order valence-electron chi connectivity index (χ0n) is 52.6. The van der Waals surface area contributed by atoms with Crippen molar-refractivity contribution >= 4 is 19.8 Å². The fourth-order valence-corrected chi connectivity index (χ4v) is 11.4. The summed E-state index contributed by atoms with van der Waals surface area (Å²) < 4.78 is 33.2. The van der Waals surface area contributed by atoms with E-state index in [0.717, 1.165) is 32.1 Å². The molecule has 0 saturated heterocycles. The summed E-state index contributed by atoms with van der Waals surface area (Å²) in [5, 5.41) is 0. The molecule has 0 aliphatic carbocycles. The molecule has 468 valence electrons. The highest BCUT2D eigenvalue weighted by Crippen LogP contribution is 2.43. The van der Waals surface area contributed by atoms with Gasteiger partial charge in [-0.1, -0.05) is 321 Å². The predicted molar refractivity (Wildman–Crippen MR) is 340 cm³/mol. The number of carbonyl (C=O) groups is 2. The van der Waals surface area contributed by atoms with Crippen LogP contribution in [0, 0.1) is 0 Å². The Kier molecular flexibility index (Phi) is 64.4. The van der Waals surface area contributed by atoms with Crippen molar-refractivity contribution in [2.75, 3.05) is 26.4 Å². The van der Waals surface area contributed by atoms with Gasteiger partial charge in [-0.2, -0.15) is 0 Å². The smallest absolute Gasteiger partial charge is 0.462 e. The first-order valence-corrected chi connectivity index (χ1v) is 36.3. The number of ether oxygens (including phenoxy) is 2. The van der Waals surface area contributed by atoms with Crippen molar-refractivity contribution < 1.29 is 37.6 Å². The van der Waals surface area contributed by atoms with Gasteiger partial charge in [0, 0.05) is 19.4 Å². The maximum Gasteiger partial charge on any atom is 0.472 e. The van der Waals surface area contributed by atoms with Crippen LogP contribution >= 0.6 is 7.82 Å². The molecule has 0 saturated carbocycles. The standard InChI is InChI=1S/C69H134NO8P/c1-3-5-7-9-11-13-15-17-19-21-23-25-26-27-28-29-30-31-32-33-34-35-36-37-38-39-40-42-44-46-48-50-52-54-56-58-60-62-69(72)78-67(66-77-79(73,74)76-64-63-70)65-75-68(71)61-59-57-55-53-51-49-47-45-43-41-24-22-20-18-16-14-12-10-8-6-4-2/h21-24,67H,3-20,25-66,70H2,1-2H3,(H,73,74)/b23-21-,24-22-. The first-order valence-electron chi connectivity index (χ1n) is 34.8. The number of rotatable bonds is 67. The van der Waals surface area contributed by atoms with Crippen LogP contribution in [0.25, 0.3) is 0 Å². The van der Waals surface area contributed by atoms with Crippen molar-refractivity contribution in [2.24, 2.45) is 5.73 Å². The second kappa shape index (κ2) is 65.6. The number of carbonyl (C=O) groups excluding carboxylic acids is 2. The minimum absolute atomic E-state index is 0.0561. The molecule has 0 radical (unpaired) electrons. The van der Waals surface area contributed by atoms with E-state index >= 15 is 0 Å². The van der Waals surface area contributed by atoms with Crippen molar-refractivity contribution in [3.8, 4) is 0 Å². The molecule has 9 nitrogen and oxygen atoms in total. The Labute approximate surface area is 491 Å². The summed E-state index contributed by atoms with van der Waals surface area (Å²) in [5.74, 6) is -0.808. The summed E-state index contributed by atoms with van der Waals surface area (Å²) in [6.45, 7) is 3.81. The van der Waals surface area contributed by atoms with Crippen LogP contribution in [0.4, 0.5) is 0 Å². The molecular weight excluding hydrogens is 1000 g/mol. The van der Waals surface area contributed by atoms with Gasteiger partial charge in [0.05, 0.1) is 13.2 Å². The zero-order chi connectivity index (χ0) is 57.3. The van der Waals surface area contributed by atoms with Gasteiger partial charge in [-0.3, -0.25) is 18.6 Å². The molecule has 79 heavy (non-hydrogen) atoms. The van der Waals surface area contributed by atoms with Crippen molar-refractivity contribution in [2.45, 2.75) is 380 Å². The van der Waals surface area contributed by atoms with Gasteiger partial charge in [0.15, 0.2) is 6.10 Å².